The summed E-state index contributed by atoms with van der Waals surface area (Å²) in [5, 5.41) is 12.6. The standard InChI is InChI=1S/C40H45N3O4/c1-3-22-43(36-11-4-5-12-36)26-37-28(2)38(32-15-13-29(27-44)14-16-32)47-40(46-37)33-19-17-31(18-20-33)34-9-6-8-30(23-34)24-42-39(45)35-10-7-21-41-25-35/h3,6-10,13-21,23,25,28,36-38,40,44H,1,4-5,11-12,22,24,26-27H2,2H3,(H,42,45)/t28-,37+,38+,40+/m1/s1. The highest BCUT2D eigenvalue weighted by Gasteiger charge is 2.40. The average molecular weight is 632 g/mol. The van der Waals surface area contributed by atoms with Crippen molar-refractivity contribution in [2.75, 3.05) is 13.1 Å². The second-order valence-corrected chi connectivity index (χ2v) is 12.7. The monoisotopic (exact) mass is 631 g/mol. The smallest absolute Gasteiger partial charge is 0.253 e. The summed E-state index contributed by atoms with van der Waals surface area (Å²) in [5.41, 5.74) is 6.65. The van der Waals surface area contributed by atoms with Crippen LogP contribution in [0, 0.1) is 5.92 Å². The first-order chi connectivity index (χ1) is 23.0. The van der Waals surface area contributed by atoms with E-state index in [0.717, 1.165) is 46.5 Å². The van der Waals surface area contributed by atoms with E-state index in [0.29, 0.717) is 18.2 Å². The Morgan fingerprint density at radius 2 is 1.72 bits per heavy atom. The molecule has 2 heterocycles. The molecule has 1 aromatic heterocycles. The zero-order valence-electron chi connectivity index (χ0n) is 27.1. The summed E-state index contributed by atoms with van der Waals surface area (Å²) in [6.45, 7) is 8.38. The van der Waals surface area contributed by atoms with Crippen molar-refractivity contribution in [1.29, 1.82) is 0 Å². The normalized spacial score (nSPS) is 21.5. The fraction of sp³-hybridized carbons (Fsp3) is 0.350. The third-order valence-corrected chi connectivity index (χ3v) is 9.56. The molecule has 47 heavy (non-hydrogen) atoms. The van der Waals surface area contributed by atoms with Crippen LogP contribution in [0.2, 0.25) is 0 Å². The maximum Gasteiger partial charge on any atom is 0.253 e. The average Bonchev–Trinajstić information content (AvgIpc) is 3.67. The van der Waals surface area contributed by atoms with E-state index in [4.69, 9.17) is 9.47 Å². The van der Waals surface area contributed by atoms with Crippen molar-refractivity contribution in [2.45, 2.75) is 70.3 Å². The molecule has 1 saturated carbocycles. The van der Waals surface area contributed by atoms with Crippen LogP contribution in [0.1, 0.15) is 77.6 Å². The van der Waals surface area contributed by atoms with Gasteiger partial charge >= 0.3 is 0 Å². The molecule has 1 aliphatic carbocycles. The van der Waals surface area contributed by atoms with Crippen molar-refractivity contribution >= 4 is 5.91 Å². The first-order valence-electron chi connectivity index (χ1n) is 16.8. The van der Waals surface area contributed by atoms with Gasteiger partial charge in [0, 0.05) is 49.6 Å². The largest absolute Gasteiger partial charge is 0.392 e. The van der Waals surface area contributed by atoms with Crippen molar-refractivity contribution in [3.8, 4) is 11.1 Å². The zero-order valence-corrected chi connectivity index (χ0v) is 27.1. The third-order valence-electron chi connectivity index (χ3n) is 9.56. The lowest BCUT2D eigenvalue weighted by atomic mass is 9.89. The Balaban J connectivity index is 1.19. The minimum absolute atomic E-state index is 0.0168. The number of pyridine rings is 1. The van der Waals surface area contributed by atoms with Gasteiger partial charge in [0.15, 0.2) is 6.29 Å². The van der Waals surface area contributed by atoms with E-state index in [9.17, 15) is 9.90 Å². The van der Waals surface area contributed by atoms with E-state index in [-0.39, 0.29) is 30.6 Å². The molecule has 0 radical (unpaired) electrons. The van der Waals surface area contributed by atoms with Crippen LogP contribution in [-0.2, 0) is 22.6 Å². The third kappa shape index (κ3) is 8.06. The lowest BCUT2D eigenvalue weighted by molar-refractivity contribution is -0.276. The van der Waals surface area contributed by atoms with Crippen LogP contribution in [0.4, 0.5) is 0 Å². The molecular weight excluding hydrogens is 586 g/mol. The molecule has 1 saturated heterocycles. The number of aromatic nitrogens is 1. The highest BCUT2D eigenvalue weighted by Crippen LogP contribution is 2.42. The number of aliphatic hydroxyl groups is 1. The number of hydrogen-bond donors (Lipinski definition) is 2. The van der Waals surface area contributed by atoms with Gasteiger partial charge < -0.3 is 19.9 Å². The van der Waals surface area contributed by atoms with Gasteiger partial charge in [0.2, 0.25) is 0 Å². The number of nitrogens with one attached hydrogen (secondary N) is 1. The van der Waals surface area contributed by atoms with Crippen molar-refractivity contribution in [3.63, 3.8) is 0 Å². The van der Waals surface area contributed by atoms with Crippen LogP contribution in [0.3, 0.4) is 0 Å². The number of nitrogens with zero attached hydrogens (tertiary/aromatic N) is 2. The van der Waals surface area contributed by atoms with Crippen LogP contribution in [0.5, 0.6) is 0 Å². The molecule has 244 valence electrons. The number of hydrogen-bond acceptors (Lipinski definition) is 6. The summed E-state index contributed by atoms with van der Waals surface area (Å²) >= 11 is 0. The Bertz CT molecular complexity index is 1600. The molecular formula is C40H45N3O4. The Labute approximate surface area is 278 Å². The Morgan fingerprint density at radius 3 is 2.43 bits per heavy atom. The second-order valence-electron chi connectivity index (χ2n) is 12.7. The fourth-order valence-corrected chi connectivity index (χ4v) is 6.84. The predicted octanol–water partition coefficient (Wildman–Crippen LogP) is 7.39. The van der Waals surface area contributed by atoms with E-state index < -0.39 is 6.29 Å². The van der Waals surface area contributed by atoms with Crippen LogP contribution in [0.25, 0.3) is 11.1 Å². The zero-order chi connectivity index (χ0) is 32.6. The molecule has 1 aliphatic heterocycles. The van der Waals surface area contributed by atoms with Crippen LogP contribution in [0.15, 0.2) is 110 Å². The van der Waals surface area contributed by atoms with Crippen molar-refractivity contribution in [3.05, 3.63) is 138 Å². The van der Waals surface area contributed by atoms with Gasteiger partial charge in [-0.3, -0.25) is 14.7 Å². The van der Waals surface area contributed by atoms with Gasteiger partial charge in [-0.2, -0.15) is 0 Å². The Hall–Kier alpha value is -4.14. The summed E-state index contributed by atoms with van der Waals surface area (Å²) in [6, 6.07) is 28.8. The minimum Gasteiger partial charge on any atom is -0.392 e. The van der Waals surface area contributed by atoms with Gasteiger partial charge in [-0.1, -0.05) is 92.6 Å². The minimum atomic E-state index is -0.518. The summed E-state index contributed by atoms with van der Waals surface area (Å²) in [6.07, 6.45) is 9.53. The summed E-state index contributed by atoms with van der Waals surface area (Å²) in [5.74, 6) is -0.0212. The number of carbonyl (C=O) groups is 1. The van der Waals surface area contributed by atoms with Crippen LogP contribution < -0.4 is 5.32 Å². The topological polar surface area (TPSA) is 83.9 Å². The highest BCUT2D eigenvalue weighted by molar-refractivity contribution is 5.93. The summed E-state index contributed by atoms with van der Waals surface area (Å²) < 4.78 is 13.5. The maximum atomic E-state index is 12.5. The van der Waals surface area contributed by atoms with E-state index in [1.165, 1.54) is 25.7 Å². The molecule has 7 nitrogen and oxygen atoms in total. The number of carbonyl (C=O) groups excluding carboxylic acids is 1. The number of ether oxygens (including phenoxy) is 2. The van der Waals surface area contributed by atoms with Gasteiger partial charge in [0.1, 0.15) is 0 Å². The van der Waals surface area contributed by atoms with Gasteiger partial charge in [-0.05, 0) is 58.9 Å². The molecule has 3 aromatic carbocycles. The quantitative estimate of drug-likeness (QED) is 0.159. The second kappa shape index (κ2) is 15.6. The number of rotatable bonds is 12. The number of aliphatic hydroxyl groups excluding tert-OH is 1. The lowest BCUT2D eigenvalue weighted by Gasteiger charge is -2.43. The molecule has 2 N–H and O–H groups in total. The van der Waals surface area contributed by atoms with E-state index in [1.807, 2.05) is 30.3 Å². The Morgan fingerprint density at radius 1 is 0.957 bits per heavy atom. The number of amides is 1. The highest BCUT2D eigenvalue weighted by atomic mass is 16.7. The molecule has 6 rings (SSSR count). The first kappa shape index (κ1) is 32.8. The van der Waals surface area contributed by atoms with Crippen LogP contribution >= 0.6 is 0 Å². The molecule has 0 spiro atoms. The Kier molecular flexibility index (Phi) is 10.9. The van der Waals surface area contributed by atoms with E-state index in [2.05, 4.69) is 77.2 Å². The van der Waals surface area contributed by atoms with Crippen molar-refractivity contribution in [2.24, 2.45) is 5.92 Å². The van der Waals surface area contributed by atoms with E-state index >= 15 is 0 Å². The lowest BCUT2D eigenvalue weighted by Crippen LogP contribution is -2.47. The maximum absolute atomic E-state index is 12.5. The molecule has 7 heteroatoms. The summed E-state index contributed by atoms with van der Waals surface area (Å²) in [4.78, 5) is 19.1. The first-order valence-corrected chi connectivity index (χ1v) is 16.8. The van der Waals surface area contributed by atoms with Crippen molar-refractivity contribution < 1.29 is 19.4 Å². The molecule has 2 aliphatic rings. The van der Waals surface area contributed by atoms with Gasteiger partial charge in [0.25, 0.3) is 5.91 Å². The van der Waals surface area contributed by atoms with Gasteiger partial charge in [-0.25, -0.2) is 0 Å². The molecule has 1 amide bonds. The molecule has 0 bridgehead atoms. The predicted molar refractivity (Wildman–Crippen MR) is 184 cm³/mol. The van der Waals surface area contributed by atoms with E-state index in [1.54, 1.807) is 24.5 Å². The van der Waals surface area contributed by atoms with Crippen LogP contribution in [-0.4, -0.2) is 46.1 Å². The molecule has 4 atom stereocenters. The molecule has 0 unspecified atom stereocenters. The fourth-order valence-electron chi connectivity index (χ4n) is 6.84. The number of benzene rings is 3. The van der Waals surface area contributed by atoms with Gasteiger partial charge in [0.05, 0.1) is 24.4 Å². The van der Waals surface area contributed by atoms with Crippen molar-refractivity contribution in [1.82, 2.24) is 15.2 Å². The molecule has 4 aromatic rings. The summed E-state index contributed by atoms with van der Waals surface area (Å²) in [7, 11) is 0. The molecule has 2 fully saturated rings. The van der Waals surface area contributed by atoms with Gasteiger partial charge in [-0.15, -0.1) is 6.58 Å². The SMILES string of the molecule is C=CCN(C[C@@H]1O[C@H](c2ccc(-c3cccc(CNC(=O)c4cccnc4)c3)cc2)O[C@H](c2ccc(CO)cc2)[C@@H]1C)C1CCCC1.